The van der Waals surface area contributed by atoms with Gasteiger partial charge in [0.1, 0.15) is 0 Å². The van der Waals surface area contributed by atoms with Gasteiger partial charge in [-0.2, -0.15) is 0 Å². The van der Waals surface area contributed by atoms with E-state index < -0.39 is 0 Å². The van der Waals surface area contributed by atoms with Gasteiger partial charge in [-0.25, -0.2) is 4.90 Å². The SMILES string of the molecule is O=C1c2cccc(-n3c4ccccc4c4cccc(-n5c6ccccc6c6ccccc65)c43)c2C(=O)N1c1ccccc1-c1ccccc1. The van der Waals surface area contributed by atoms with E-state index in [1.807, 2.05) is 78.9 Å². The van der Waals surface area contributed by atoms with Crippen LogP contribution in [0.5, 0.6) is 0 Å². The molecule has 49 heavy (non-hydrogen) atoms. The Bertz CT molecular complexity index is 2770. The molecule has 0 radical (unpaired) electrons. The summed E-state index contributed by atoms with van der Waals surface area (Å²) in [6.45, 7) is 0. The Morgan fingerprint density at radius 3 is 1.55 bits per heavy atom. The Balaban J connectivity index is 1.27. The Hall–Kier alpha value is -6.72. The number of para-hydroxylation sites is 5. The van der Waals surface area contributed by atoms with E-state index in [2.05, 4.69) is 88.0 Å². The van der Waals surface area contributed by atoms with E-state index in [0.29, 0.717) is 22.5 Å². The molecule has 0 spiro atoms. The van der Waals surface area contributed by atoms with E-state index in [9.17, 15) is 9.59 Å². The van der Waals surface area contributed by atoms with Gasteiger partial charge in [-0.15, -0.1) is 0 Å². The number of carbonyl (C=O) groups is 2. The third-order valence-corrected chi connectivity index (χ3v) is 9.86. The van der Waals surface area contributed by atoms with Crippen LogP contribution in [-0.2, 0) is 0 Å². The summed E-state index contributed by atoms with van der Waals surface area (Å²) in [4.78, 5) is 30.4. The van der Waals surface area contributed by atoms with Gasteiger partial charge in [-0.1, -0.05) is 121 Å². The van der Waals surface area contributed by atoms with Crippen molar-refractivity contribution in [3.63, 3.8) is 0 Å². The van der Waals surface area contributed by atoms with E-state index in [1.165, 1.54) is 15.7 Å². The van der Waals surface area contributed by atoms with Gasteiger partial charge in [0, 0.05) is 27.1 Å². The number of benzene rings is 7. The number of fused-ring (bicyclic) bond motifs is 7. The van der Waals surface area contributed by atoms with E-state index >= 15 is 0 Å². The van der Waals surface area contributed by atoms with Crippen molar-refractivity contribution in [1.82, 2.24) is 9.13 Å². The number of imide groups is 1. The highest BCUT2D eigenvalue weighted by Crippen LogP contribution is 2.43. The first-order chi connectivity index (χ1) is 24.2. The van der Waals surface area contributed by atoms with Gasteiger partial charge >= 0.3 is 0 Å². The molecule has 10 rings (SSSR count). The molecule has 7 aromatic carbocycles. The number of hydrogen-bond acceptors (Lipinski definition) is 2. The summed E-state index contributed by atoms with van der Waals surface area (Å²) in [5.74, 6) is -0.659. The molecule has 0 saturated carbocycles. The molecule has 9 aromatic rings. The van der Waals surface area contributed by atoms with E-state index in [4.69, 9.17) is 0 Å². The molecule has 5 heteroatoms. The average molecular weight is 630 g/mol. The minimum absolute atomic E-state index is 0.325. The molecule has 5 nitrogen and oxygen atoms in total. The van der Waals surface area contributed by atoms with Crippen LogP contribution in [0.2, 0.25) is 0 Å². The molecule has 2 amide bonds. The smallest absolute Gasteiger partial charge is 0.268 e. The molecule has 2 aromatic heterocycles. The second-order valence-corrected chi connectivity index (χ2v) is 12.4. The zero-order chi connectivity index (χ0) is 32.6. The third-order valence-electron chi connectivity index (χ3n) is 9.86. The highest BCUT2D eigenvalue weighted by atomic mass is 16.2. The van der Waals surface area contributed by atoms with Crippen LogP contribution in [0.4, 0.5) is 5.69 Å². The van der Waals surface area contributed by atoms with Crippen molar-refractivity contribution in [3.05, 3.63) is 175 Å². The van der Waals surface area contributed by atoms with Gasteiger partial charge in [0.15, 0.2) is 0 Å². The molecule has 1 aliphatic heterocycles. The fraction of sp³-hybridized carbons (Fsp3) is 0. The number of nitrogens with zero attached hydrogens (tertiary/aromatic N) is 3. The summed E-state index contributed by atoms with van der Waals surface area (Å²) in [7, 11) is 0. The fourth-order valence-corrected chi connectivity index (χ4v) is 7.82. The second-order valence-electron chi connectivity index (χ2n) is 12.4. The van der Waals surface area contributed by atoms with Crippen LogP contribution in [-0.4, -0.2) is 20.9 Å². The third kappa shape index (κ3) is 3.81. The average Bonchev–Trinajstić information content (AvgIpc) is 3.77. The van der Waals surface area contributed by atoms with Crippen molar-refractivity contribution < 1.29 is 9.59 Å². The molecule has 0 aliphatic carbocycles. The summed E-state index contributed by atoms with van der Waals surface area (Å²) in [6, 6.07) is 54.7. The van der Waals surface area contributed by atoms with Gasteiger partial charge in [-0.05, 0) is 48.0 Å². The second kappa shape index (κ2) is 10.4. The van der Waals surface area contributed by atoms with Crippen LogP contribution in [0.15, 0.2) is 164 Å². The van der Waals surface area contributed by atoms with Crippen LogP contribution < -0.4 is 4.90 Å². The molecular weight excluding hydrogens is 603 g/mol. The van der Waals surface area contributed by atoms with Crippen molar-refractivity contribution in [1.29, 1.82) is 0 Å². The molecular formula is C44H27N3O2. The Morgan fingerprint density at radius 2 is 0.837 bits per heavy atom. The summed E-state index contributed by atoms with van der Waals surface area (Å²) in [5, 5.41) is 4.48. The first-order valence-electron chi connectivity index (χ1n) is 16.4. The predicted molar refractivity (Wildman–Crippen MR) is 198 cm³/mol. The maximum atomic E-state index is 14.7. The normalized spacial score (nSPS) is 12.9. The summed E-state index contributed by atoms with van der Waals surface area (Å²) in [6.07, 6.45) is 0. The van der Waals surface area contributed by atoms with Gasteiger partial charge in [0.05, 0.1) is 50.3 Å². The first-order valence-corrected chi connectivity index (χ1v) is 16.4. The summed E-state index contributed by atoms with van der Waals surface area (Å²) >= 11 is 0. The molecule has 1 aliphatic rings. The lowest BCUT2D eigenvalue weighted by atomic mass is 10.0. The molecule has 230 valence electrons. The van der Waals surface area contributed by atoms with Crippen LogP contribution >= 0.6 is 0 Å². The molecule has 0 saturated heterocycles. The largest absolute Gasteiger partial charge is 0.307 e. The van der Waals surface area contributed by atoms with E-state index in [0.717, 1.165) is 49.7 Å². The van der Waals surface area contributed by atoms with Crippen molar-refractivity contribution in [2.24, 2.45) is 0 Å². The Morgan fingerprint density at radius 1 is 0.347 bits per heavy atom. The number of hydrogen-bond donors (Lipinski definition) is 0. The van der Waals surface area contributed by atoms with Gasteiger partial charge in [-0.3, -0.25) is 9.59 Å². The van der Waals surface area contributed by atoms with Crippen LogP contribution in [0, 0.1) is 0 Å². The maximum absolute atomic E-state index is 14.7. The van der Waals surface area contributed by atoms with Crippen molar-refractivity contribution in [3.8, 4) is 22.5 Å². The lowest BCUT2D eigenvalue weighted by Crippen LogP contribution is -2.30. The molecule has 0 atom stereocenters. The highest BCUT2D eigenvalue weighted by molar-refractivity contribution is 6.36. The van der Waals surface area contributed by atoms with Crippen LogP contribution in [0.25, 0.3) is 66.1 Å². The minimum atomic E-state index is -0.334. The highest BCUT2D eigenvalue weighted by Gasteiger charge is 2.40. The number of amides is 2. The van der Waals surface area contributed by atoms with Gasteiger partial charge in [0.25, 0.3) is 11.8 Å². The number of carbonyl (C=O) groups excluding carboxylic acids is 2. The first kappa shape index (κ1) is 27.4. The van der Waals surface area contributed by atoms with Gasteiger partial charge < -0.3 is 9.13 Å². The van der Waals surface area contributed by atoms with E-state index in [1.54, 1.807) is 6.07 Å². The molecule has 3 heterocycles. The zero-order valence-corrected chi connectivity index (χ0v) is 26.2. The number of anilines is 1. The molecule has 0 fully saturated rings. The Kier molecular flexibility index (Phi) is 5.81. The monoisotopic (exact) mass is 629 g/mol. The standard InChI is InChI=1S/C44H27N3O2/c48-43-34-21-13-26-39(41(34)44(49)47(43)35-22-8-4-16-29(35)28-14-2-1-3-15-28)46-38-25-11-7-19-32(38)33-20-12-27-40(42(33)46)45-36-23-9-5-17-30(36)31-18-6-10-24-37(31)45/h1-27H. The van der Waals surface area contributed by atoms with Crippen molar-refractivity contribution >= 4 is 61.1 Å². The molecule has 0 unspecified atom stereocenters. The quantitative estimate of drug-likeness (QED) is 0.182. The topological polar surface area (TPSA) is 47.2 Å². The maximum Gasteiger partial charge on any atom is 0.268 e. The summed E-state index contributed by atoms with van der Waals surface area (Å²) in [5.41, 5.74) is 8.91. The zero-order valence-electron chi connectivity index (χ0n) is 26.2. The Labute approximate surface area is 281 Å². The van der Waals surface area contributed by atoms with E-state index in [-0.39, 0.29) is 11.8 Å². The minimum Gasteiger partial charge on any atom is -0.307 e. The number of aromatic nitrogens is 2. The number of rotatable bonds is 4. The molecule has 0 N–H and O–H groups in total. The van der Waals surface area contributed by atoms with Gasteiger partial charge in [0.2, 0.25) is 0 Å². The van der Waals surface area contributed by atoms with Crippen molar-refractivity contribution in [2.45, 2.75) is 0 Å². The lowest BCUT2D eigenvalue weighted by Gasteiger charge is -2.19. The molecule has 0 bridgehead atoms. The van der Waals surface area contributed by atoms with Crippen LogP contribution in [0.1, 0.15) is 20.7 Å². The predicted octanol–water partition coefficient (Wildman–Crippen LogP) is 10.3. The van der Waals surface area contributed by atoms with Crippen LogP contribution in [0.3, 0.4) is 0 Å². The lowest BCUT2D eigenvalue weighted by molar-refractivity contribution is 0.0926. The fourth-order valence-electron chi connectivity index (χ4n) is 7.82. The summed E-state index contributed by atoms with van der Waals surface area (Å²) < 4.78 is 4.50. The van der Waals surface area contributed by atoms with Crippen molar-refractivity contribution in [2.75, 3.05) is 4.90 Å².